The minimum absolute atomic E-state index is 0.0299. The van der Waals surface area contributed by atoms with Gasteiger partial charge in [0.25, 0.3) is 0 Å². The summed E-state index contributed by atoms with van der Waals surface area (Å²) in [5.41, 5.74) is 0. The number of carbonyl (C=O) groups excluding carboxylic acids is 4. The molecule has 3 heterocycles. The summed E-state index contributed by atoms with van der Waals surface area (Å²) in [5, 5.41) is 71.5. The Bertz CT molecular complexity index is 2130. The number of ether oxygens (including phenoxy) is 10. The molecule has 0 aromatic heterocycles. The minimum Gasteiger partial charge on any atom is -0.394 e. The molecule has 4 amide bonds. The first-order valence-corrected chi connectivity index (χ1v) is 40.7. The number of nitrogens with zero attached hydrogens (tertiary/aromatic N) is 1. The number of amides is 4. The fraction of sp³-hybridized carbons (Fsp3) is 0.850. The van der Waals surface area contributed by atoms with Crippen molar-refractivity contribution in [3.05, 3.63) is 48.6 Å². The highest BCUT2D eigenvalue weighted by atomic mass is 16.7. The van der Waals surface area contributed by atoms with Gasteiger partial charge >= 0.3 is 0 Å². The first-order chi connectivity index (χ1) is 51.2. The predicted octanol–water partition coefficient (Wildman–Crippen LogP) is 9.15. The summed E-state index contributed by atoms with van der Waals surface area (Å²) >= 11 is 0. The van der Waals surface area contributed by atoms with Gasteiger partial charge in [0.1, 0.15) is 48.7 Å². The Hall–Kier alpha value is -3.84. The second-order valence-corrected chi connectivity index (χ2v) is 28.3. The summed E-state index contributed by atoms with van der Waals surface area (Å²) in [6, 6.07) is -2.06. The van der Waals surface area contributed by atoms with Crippen LogP contribution in [0.25, 0.3) is 0 Å². The zero-order chi connectivity index (χ0) is 76.1. The van der Waals surface area contributed by atoms with Gasteiger partial charge in [-0.3, -0.25) is 19.2 Å². The fourth-order valence-corrected chi connectivity index (χ4v) is 13.1. The first kappa shape index (κ1) is 95.4. The van der Waals surface area contributed by atoms with Gasteiger partial charge in [-0.2, -0.15) is 0 Å². The topological polar surface area (TPSA) is 333 Å². The molecule has 3 fully saturated rings. The third kappa shape index (κ3) is 47.1. The van der Waals surface area contributed by atoms with Gasteiger partial charge in [-0.15, -0.1) is 0 Å². The fourth-order valence-electron chi connectivity index (χ4n) is 13.1. The van der Waals surface area contributed by atoms with Crippen LogP contribution in [-0.2, 0) is 66.5 Å². The molecule has 0 radical (unpaired) electrons. The molecule has 0 aliphatic carbocycles. The second-order valence-electron chi connectivity index (χ2n) is 28.3. The molecule has 3 aliphatic heterocycles. The van der Waals surface area contributed by atoms with E-state index in [4.69, 9.17) is 47.4 Å². The van der Waals surface area contributed by atoms with Crippen molar-refractivity contribution < 1.29 is 97.2 Å². The molecule has 0 saturated carbocycles. The number of carbonyl (C=O) groups is 4. The van der Waals surface area contributed by atoms with Crippen LogP contribution < -0.4 is 21.3 Å². The van der Waals surface area contributed by atoms with Crippen molar-refractivity contribution in [2.75, 3.05) is 119 Å². The smallest absolute Gasteiger partial charge is 0.220 e. The van der Waals surface area contributed by atoms with Gasteiger partial charge in [-0.25, -0.2) is 0 Å². The van der Waals surface area contributed by atoms with E-state index in [0.717, 1.165) is 110 Å². The third-order valence-electron chi connectivity index (χ3n) is 19.1. The van der Waals surface area contributed by atoms with Crippen molar-refractivity contribution in [1.82, 2.24) is 26.2 Å². The Kier molecular flexibility index (Phi) is 58.0. The molecule has 3 rings (SSSR count). The van der Waals surface area contributed by atoms with E-state index in [1.807, 2.05) is 0 Å². The number of hydrogen-bond donors (Lipinski definition) is 10. The Morgan fingerprint density at radius 3 is 1.20 bits per heavy atom. The molecule has 25 heteroatoms. The Morgan fingerprint density at radius 2 is 0.810 bits per heavy atom. The highest BCUT2D eigenvalue weighted by Crippen LogP contribution is 2.36. The van der Waals surface area contributed by atoms with Crippen LogP contribution in [0, 0.1) is 0 Å². The largest absolute Gasteiger partial charge is 0.394 e. The average Bonchev–Trinajstić information content (AvgIpc) is 1.38. The van der Waals surface area contributed by atoms with Crippen molar-refractivity contribution in [3.8, 4) is 0 Å². The summed E-state index contributed by atoms with van der Waals surface area (Å²) in [4.78, 5) is 51.6. The van der Waals surface area contributed by atoms with Gasteiger partial charge in [0.05, 0.1) is 92.0 Å². The highest BCUT2D eigenvalue weighted by Gasteiger charge is 2.47. The summed E-state index contributed by atoms with van der Waals surface area (Å²) in [6.45, 7) is 11.9. The summed E-state index contributed by atoms with van der Waals surface area (Å²) in [5.74, 6) is -1.51. The van der Waals surface area contributed by atoms with E-state index in [2.05, 4.69) is 88.6 Å². The van der Waals surface area contributed by atoms with Crippen LogP contribution in [-0.4, -0.2) is 251 Å². The van der Waals surface area contributed by atoms with E-state index >= 15 is 0 Å². The maximum atomic E-state index is 12.9. The number of nitrogens with one attached hydrogen (secondary N) is 4. The van der Waals surface area contributed by atoms with E-state index in [0.29, 0.717) is 45.8 Å². The van der Waals surface area contributed by atoms with E-state index in [-0.39, 0.29) is 70.8 Å². The Labute approximate surface area is 630 Å². The number of aliphatic hydroxyl groups excluding tert-OH is 6. The average molecular weight is 1500 g/mol. The molecule has 0 aromatic carbocycles. The van der Waals surface area contributed by atoms with Gasteiger partial charge in [0, 0.05) is 59.2 Å². The van der Waals surface area contributed by atoms with Crippen LogP contribution in [0.1, 0.15) is 246 Å². The molecule has 105 heavy (non-hydrogen) atoms. The molecule has 4 unspecified atom stereocenters. The van der Waals surface area contributed by atoms with Crippen LogP contribution in [0.4, 0.5) is 0 Å². The zero-order valence-electron chi connectivity index (χ0n) is 65.1. The van der Waals surface area contributed by atoms with Crippen LogP contribution in [0.15, 0.2) is 48.6 Å². The van der Waals surface area contributed by atoms with Crippen molar-refractivity contribution in [1.29, 1.82) is 0 Å². The molecular formula is C80H145N5O20. The van der Waals surface area contributed by atoms with Crippen molar-refractivity contribution in [3.63, 3.8) is 0 Å². The predicted molar refractivity (Wildman–Crippen MR) is 407 cm³/mol. The molecular weight excluding hydrogens is 1350 g/mol. The maximum absolute atomic E-state index is 12.9. The lowest BCUT2D eigenvalue weighted by Crippen LogP contribution is -2.64. The minimum atomic E-state index is -1.40. The van der Waals surface area contributed by atoms with E-state index in [1.54, 1.807) is 0 Å². The van der Waals surface area contributed by atoms with Gasteiger partial charge in [0.15, 0.2) is 18.4 Å². The number of allylic oxidation sites excluding steroid dienone is 8. The zero-order valence-corrected chi connectivity index (χ0v) is 65.1. The van der Waals surface area contributed by atoms with Gasteiger partial charge < -0.3 is 104 Å². The third-order valence-corrected chi connectivity index (χ3v) is 19.1. The number of unbranched alkanes of at least 4 members (excludes halogenated alkanes) is 22. The molecule has 3 saturated heterocycles. The lowest BCUT2D eigenvalue weighted by molar-refractivity contribution is -0.272. The SMILES string of the molecule is CCCCCC=CCC=CCCCCCCCCC1(CCCCCCCCC=CCC=CCCCCC)OC[C@H](CN(CCCCCC(=O)NCCOCCOCCO[C@@H]2OC(CO)[C@H](O)[C@H](O)C2NC(C)=O)CCCCCC(=O)NCCOCCOCCO[C@@H]2OC(CO)[C@H](O)[C@H](O)C2NC(C)=O)O1. The van der Waals surface area contributed by atoms with Crippen molar-refractivity contribution in [2.45, 2.75) is 319 Å². The van der Waals surface area contributed by atoms with E-state index in [9.17, 15) is 49.8 Å². The molecule has 0 bridgehead atoms. The maximum Gasteiger partial charge on any atom is 0.220 e. The molecule has 10 N–H and O–H groups in total. The van der Waals surface area contributed by atoms with Crippen LogP contribution in [0.3, 0.4) is 0 Å². The Morgan fingerprint density at radius 1 is 0.448 bits per heavy atom. The standard InChI is InChI=1S/C80H145N5O20/c1-5-7-9-11-13-15-17-19-21-23-25-27-29-31-33-39-45-80(46-40-34-32-30-28-26-24-22-20-18-16-14-12-10-8-6-2)102-64-67(105-80)61-85(49-41-35-37-43-70(90)81-47-51-96-53-55-98-57-59-100-78-72(83-65(3)88)76(94)74(92)68(62-86)103-78)50-42-36-38-44-71(91)82-48-52-97-54-56-99-58-60-101-79-73(84-66(4)89)77(95)75(93)69(63-87)104-79/h13-16,19-22,67-69,72-79,86-87,92-95H,5-12,17-18,23-64H2,1-4H3,(H,81,90)(H,82,91)(H,83,88)(H,84,89)/t67-,68?,69?,72?,73?,74-,75-,76+,77+,78+,79+,80?/m0/s1. The van der Waals surface area contributed by atoms with E-state index in [1.165, 1.54) is 129 Å². The molecule has 11 atom stereocenters. The van der Waals surface area contributed by atoms with Crippen LogP contribution in [0.2, 0.25) is 0 Å². The summed E-state index contributed by atoms with van der Waals surface area (Å²) in [6.07, 6.45) is 45.2. The molecule has 0 spiro atoms. The van der Waals surface area contributed by atoms with Crippen molar-refractivity contribution in [2.24, 2.45) is 0 Å². The van der Waals surface area contributed by atoms with Crippen molar-refractivity contribution >= 4 is 23.6 Å². The Balaban J connectivity index is 1.46. The lowest BCUT2D eigenvalue weighted by Gasteiger charge is -2.42. The lowest BCUT2D eigenvalue weighted by atomic mass is 9.97. The quantitative estimate of drug-likeness (QED) is 0.0200. The monoisotopic (exact) mass is 1500 g/mol. The normalized spacial score (nSPS) is 23.6. The molecule has 3 aliphatic rings. The molecule has 0 aromatic rings. The molecule has 25 nitrogen and oxygen atoms in total. The van der Waals surface area contributed by atoms with Gasteiger partial charge in [-0.05, 0) is 116 Å². The first-order valence-electron chi connectivity index (χ1n) is 40.7. The molecule has 610 valence electrons. The van der Waals surface area contributed by atoms with E-state index < -0.39 is 92.1 Å². The highest BCUT2D eigenvalue weighted by molar-refractivity contribution is 5.76. The number of aliphatic hydroxyl groups is 6. The number of rotatable bonds is 68. The second kappa shape index (κ2) is 63.9. The summed E-state index contributed by atoms with van der Waals surface area (Å²) < 4.78 is 58.9. The van der Waals surface area contributed by atoms with Gasteiger partial charge in [0.2, 0.25) is 23.6 Å². The van der Waals surface area contributed by atoms with Gasteiger partial charge in [-0.1, -0.05) is 152 Å². The van der Waals surface area contributed by atoms with Crippen LogP contribution >= 0.6 is 0 Å². The van der Waals surface area contributed by atoms with Crippen LogP contribution in [0.5, 0.6) is 0 Å². The summed E-state index contributed by atoms with van der Waals surface area (Å²) in [7, 11) is 0. The number of hydrogen-bond acceptors (Lipinski definition) is 21.